The van der Waals surface area contributed by atoms with Gasteiger partial charge in [-0.25, -0.2) is 10.6 Å². The monoisotopic (exact) mass is 207 g/mol. The predicted molar refractivity (Wildman–Crippen MR) is 50.2 cm³/mol. The van der Waals surface area contributed by atoms with E-state index in [2.05, 4.69) is 22.7 Å². The molecule has 0 aromatic rings. The molecule has 0 bridgehead atoms. The minimum absolute atomic E-state index is 0.0986. The van der Waals surface area contributed by atoms with Crippen LogP contribution in [0.1, 0.15) is 6.42 Å². The molecule has 0 rings (SSSR count). The summed E-state index contributed by atoms with van der Waals surface area (Å²) in [6, 6.07) is 0. The molecular weight excluding hydrogens is 194 g/mol. The summed E-state index contributed by atoms with van der Waals surface area (Å²) < 4.78 is 4.51. The van der Waals surface area contributed by atoms with Crippen molar-refractivity contribution in [3.63, 3.8) is 0 Å². The van der Waals surface area contributed by atoms with Crippen LogP contribution in [0.2, 0.25) is 0 Å². The van der Waals surface area contributed by atoms with Crippen LogP contribution in [0.15, 0.2) is 0 Å². The fourth-order valence-corrected chi connectivity index (χ4v) is 0.769. The maximum Gasteiger partial charge on any atom is 0.421 e. The first-order valence-corrected chi connectivity index (χ1v) is 4.35. The van der Waals surface area contributed by atoms with E-state index in [-0.39, 0.29) is 19.1 Å². The van der Waals surface area contributed by atoms with Gasteiger partial charge in [-0.15, -0.1) is 0 Å². The van der Waals surface area contributed by atoms with E-state index in [1.165, 1.54) is 0 Å². The van der Waals surface area contributed by atoms with Crippen LogP contribution in [-0.2, 0) is 9.53 Å². The number of ether oxygens (including phenoxy) is 1. The fourth-order valence-electron chi connectivity index (χ4n) is 0.566. The van der Waals surface area contributed by atoms with E-state index >= 15 is 0 Å². The highest BCUT2D eigenvalue weighted by Crippen LogP contribution is 1.82. The van der Waals surface area contributed by atoms with E-state index in [0.29, 0.717) is 12.2 Å². The van der Waals surface area contributed by atoms with Crippen LogP contribution in [0.4, 0.5) is 4.79 Å². The molecule has 6 nitrogen and oxygen atoms in total. The van der Waals surface area contributed by atoms with Crippen molar-refractivity contribution < 1.29 is 14.3 Å². The first-order chi connectivity index (χ1) is 6.20. The molecule has 0 aromatic heterocycles. The van der Waals surface area contributed by atoms with Crippen LogP contribution in [0, 0.1) is 0 Å². The Kier molecular flexibility index (Phi) is 7.12. The molecule has 4 N–H and O–H groups in total. The van der Waals surface area contributed by atoms with Crippen molar-refractivity contribution in [3.05, 3.63) is 0 Å². The number of hydrogen-bond acceptors (Lipinski definition) is 5. The molecule has 0 heterocycles. The Morgan fingerprint density at radius 1 is 1.46 bits per heavy atom. The number of hydrogen-bond donors (Lipinski definition) is 4. The molecule has 76 valence electrons. The average Bonchev–Trinajstić information content (AvgIpc) is 2.12. The lowest BCUT2D eigenvalue weighted by Gasteiger charge is -2.04. The number of thiol groups is 1. The Balaban J connectivity index is 3.25. The maximum absolute atomic E-state index is 10.8. The summed E-state index contributed by atoms with van der Waals surface area (Å²) in [7, 11) is 0. The molecule has 0 unspecified atom stereocenters. The highest BCUT2D eigenvalue weighted by molar-refractivity contribution is 7.80. The summed E-state index contributed by atoms with van der Waals surface area (Å²) in [5.41, 5.74) is 1.79. The summed E-state index contributed by atoms with van der Waals surface area (Å²) >= 11 is 3.88. The predicted octanol–water partition coefficient (Wildman–Crippen LogP) is -0.978. The summed E-state index contributed by atoms with van der Waals surface area (Å²) in [5.74, 6) is 5.12. The van der Waals surface area contributed by atoms with Gasteiger partial charge >= 0.3 is 6.09 Å². The van der Waals surface area contributed by atoms with Gasteiger partial charge in [0.05, 0.1) is 6.54 Å². The van der Waals surface area contributed by atoms with Gasteiger partial charge in [0.25, 0.3) is 0 Å². The number of nitrogens with one attached hydrogen (secondary N) is 2. The van der Waals surface area contributed by atoms with Crippen molar-refractivity contribution in [1.82, 2.24) is 10.7 Å². The zero-order valence-electron chi connectivity index (χ0n) is 7.08. The standard InChI is InChI=1S/C6H13N3O3S/c7-9-6(11)12-3-2-8-5(10)1-4-13/h13H,1-4,7H2,(H,8,10)(H,9,11). The van der Waals surface area contributed by atoms with Gasteiger partial charge in [0.1, 0.15) is 6.61 Å². The van der Waals surface area contributed by atoms with Crippen LogP contribution in [0.3, 0.4) is 0 Å². The Morgan fingerprint density at radius 2 is 2.15 bits per heavy atom. The summed E-state index contributed by atoms with van der Waals surface area (Å²) in [6.07, 6.45) is -0.366. The van der Waals surface area contributed by atoms with Crippen LogP contribution >= 0.6 is 12.6 Å². The normalized spacial score (nSPS) is 9.08. The van der Waals surface area contributed by atoms with Crippen molar-refractivity contribution in [2.24, 2.45) is 5.84 Å². The third-order valence-electron chi connectivity index (χ3n) is 1.11. The molecule has 0 aromatic carbocycles. The van der Waals surface area contributed by atoms with E-state index < -0.39 is 6.09 Å². The largest absolute Gasteiger partial charge is 0.447 e. The molecule has 0 atom stereocenters. The summed E-state index contributed by atoms with van der Waals surface area (Å²) in [5, 5.41) is 2.53. The number of carbonyl (C=O) groups excluding carboxylic acids is 2. The van der Waals surface area contributed by atoms with Crippen molar-refractivity contribution in [3.8, 4) is 0 Å². The van der Waals surface area contributed by atoms with Crippen LogP contribution in [-0.4, -0.2) is 30.9 Å². The SMILES string of the molecule is NNC(=O)OCCNC(=O)CCS. The number of carbonyl (C=O) groups is 2. The second kappa shape index (κ2) is 7.69. The van der Waals surface area contributed by atoms with E-state index in [1.807, 2.05) is 0 Å². The minimum atomic E-state index is -0.719. The zero-order chi connectivity index (χ0) is 10.1. The molecule has 0 aliphatic heterocycles. The molecule has 0 saturated carbocycles. The number of amides is 2. The second-order valence-corrected chi connectivity index (χ2v) is 2.55. The summed E-state index contributed by atoms with van der Waals surface area (Å²) in [6.45, 7) is 0.376. The average molecular weight is 207 g/mol. The van der Waals surface area contributed by atoms with Crippen molar-refractivity contribution in [2.75, 3.05) is 18.9 Å². The van der Waals surface area contributed by atoms with Crippen LogP contribution in [0.5, 0.6) is 0 Å². The highest BCUT2D eigenvalue weighted by Gasteiger charge is 2.00. The van der Waals surface area contributed by atoms with Crippen molar-refractivity contribution >= 4 is 24.6 Å². The zero-order valence-corrected chi connectivity index (χ0v) is 7.97. The minimum Gasteiger partial charge on any atom is -0.447 e. The highest BCUT2D eigenvalue weighted by atomic mass is 32.1. The third-order valence-corrected chi connectivity index (χ3v) is 1.34. The van der Waals surface area contributed by atoms with E-state index in [4.69, 9.17) is 5.84 Å². The molecule has 0 fully saturated rings. The van der Waals surface area contributed by atoms with Gasteiger partial charge in [0, 0.05) is 6.42 Å². The molecule has 2 amide bonds. The van der Waals surface area contributed by atoms with Gasteiger partial charge in [-0.1, -0.05) is 0 Å². The first kappa shape index (κ1) is 12.0. The Bertz CT molecular complexity index is 177. The van der Waals surface area contributed by atoms with E-state index in [1.54, 1.807) is 5.43 Å². The maximum atomic E-state index is 10.8. The molecule has 13 heavy (non-hydrogen) atoms. The molecule has 0 saturated heterocycles. The van der Waals surface area contributed by atoms with Gasteiger partial charge < -0.3 is 10.1 Å². The quantitative estimate of drug-likeness (QED) is 0.153. The lowest BCUT2D eigenvalue weighted by molar-refractivity contribution is -0.120. The van der Waals surface area contributed by atoms with E-state index in [9.17, 15) is 9.59 Å². The van der Waals surface area contributed by atoms with Gasteiger partial charge in [-0.05, 0) is 5.75 Å². The third kappa shape index (κ3) is 7.41. The Morgan fingerprint density at radius 3 is 2.69 bits per heavy atom. The van der Waals surface area contributed by atoms with Gasteiger partial charge in [-0.3, -0.25) is 10.2 Å². The molecule has 0 spiro atoms. The molecule has 0 aliphatic rings. The Hall–Kier alpha value is -0.950. The van der Waals surface area contributed by atoms with Gasteiger partial charge in [0.2, 0.25) is 5.91 Å². The lowest BCUT2D eigenvalue weighted by atomic mass is 10.4. The molecule has 0 radical (unpaired) electrons. The second-order valence-electron chi connectivity index (χ2n) is 2.10. The van der Waals surface area contributed by atoms with Gasteiger partial charge in [-0.2, -0.15) is 12.6 Å². The number of rotatable bonds is 5. The van der Waals surface area contributed by atoms with Crippen molar-refractivity contribution in [1.29, 1.82) is 0 Å². The number of hydrazine groups is 1. The van der Waals surface area contributed by atoms with E-state index in [0.717, 1.165) is 0 Å². The molecular formula is C6H13N3O3S. The fraction of sp³-hybridized carbons (Fsp3) is 0.667. The molecule has 0 aliphatic carbocycles. The van der Waals surface area contributed by atoms with Gasteiger partial charge in [0.15, 0.2) is 0 Å². The Labute approximate surface area is 81.6 Å². The summed E-state index contributed by atoms with van der Waals surface area (Å²) in [4.78, 5) is 21.2. The number of nitrogens with two attached hydrogens (primary N) is 1. The topological polar surface area (TPSA) is 93.4 Å². The lowest BCUT2D eigenvalue weighted by Crippen LogP contribution is -2.34. The van der Waals surface area contributed by atoms with Crippen LogP contribution < -0.4 is 16.6 Å². The smallest absolute Gasteiger partial charge is 0.421 e. The van der Waals surface area contributed by atoms with Crippen molar-refractivity contribution in [2.45, 2.75) is 6.42 Å². The first-order valence-electron chi connectivity index (χ1n) is 3.71. The van der Waals surface area contributed by atoms with Crippen LogP contribution in [0.25, 0.3) is 0 Å². The molecule has 7 heteroatoms.